The highest BCUT2D eigenvalue weighted by Gasteiger charge is 2.25. The third-order valence-electron chi connectivity index (χ3n) is 5.54. The standard InChI is InChI=1S/C24H25N3O2/c1-17-22(28)21(18-11-5-2-6-12-18)23(25-24(29)19-13-7-3-8-14-19)27(26-17)20-15-9-4-10-16-20/h2,4-6,9-12,15-16,19H,3,7-8,13-14H2,1H3,(H,25,29). The lowest BCUT2D eigenvalue weighted by atomic mass is 9.88. The van der Waals surface area contributed by atoms with Gasteiger partial charge in [-0.2, -0.15) is 5.10 Å². The van der Waals surface area contributed by atoms with Gasteiger partial charge in [-0.1, -0.05) is 67.8 Å². The second kappa shape index (κ2) is 8.43. The van der Waals surface area contributed by atoms with Crippen LogP contribution in [0.25, 0.3) is 16.8 Å². The first-order valence-electron chi connectivity index (χ1n) is 10.2. The molecule has 0 unspecified atom stereocenters. The van der Waals surface area contributed by atoms with E-state index in [9.17, 15) is 9.59 Å². The topological polar surface area (TPSA) is 64.0 Å². The molecular weight excluding hydrogens is 362 g/mol. The van der Waals surface area contributed by atoms with E-state index in [0.29, 0.717) is 17.1 Å². The van der Waals surface area contributed by atoms with Gasteiger partial charge in [0.2, 0.25) is 11.3 Å². The predicted molar refractivity (Wildman–Crippen MR) is 115 cm³/mol. The summed E-state index contributed by atoms with van der Waals surface area (Å²) in [6.45, 7) is 1.71. The maximum Gasteiger partial charge on any atom is 0.228 e. The Morgan fingerprint density at radius 1 is 0.966 bits per heavy atom. The molecule has 0 spiro atoms. The molecule has 0 aliphatic heterocycles. The van der Waals surface area contributed by atoms with E-state index in [2.05, 4.69) is 10.4 Å². The molecule has 1 aromatic heterocycles. The number of carbonyl (C=O) groups excluding carboxylic acids is 1. The number of amides is 1. The average Bonchev–Trinajstić information content (AvgIpc) is 2.78. The van der Waals surface area contributed by atoms with Crippen LogP contribution < -0.4 is 10.7 Å². The molecule has 0 bridgehead atoms. The van der Waals surface area contributed by atoms with E-state index < -0.39 is 0 Å². The molecule has 2 aromatic carbocycles. The molecule has 0 atom stereocenters. The van der Waals surface area contributed by atoms with Crippen molar-refractivity contribution in [2.75, 3.05) is 5.32 Å². The molecule has 1 fully saturated rings. The largest absolute Gasteiger partial charge is 0.310 e. The molecule has 1 aliphatic carbocycles. The van der Waals surface area contributed by atoms with Crippen LogP contribution in [0, 0.1) is 12.8 Å². The quantitative estimate of drug-likeness (QED) is 0.704. The molecule has 1 aliphatic rings. The van der Waals surface area contributed by atoms with E-state index in [1.807, 2.05) is 60.7 Å². The van der Waals surface area contributed by atoms with Crippen LogP contribution in [0.15, 0.2) is 65.5 Å². The van der Waals surface area contributed by atoms with Gasteiger partial charge in [0.15, 0.2) is 0 Å². The van der Waals surface area contributed by atoms with E-state index in [0.717, 1.165) is 36.9 Å². The zero-order valence-corrected chi connectivity index (χ0v) is 16.6. The van der Waals surface area contributed by atoms with Gasteiger partial charge in [0.1, 0.15) is 11.5 Å². The summed E-state index contributed by atoms with van der Waals surface area (Å²) in [6, 6.07) is 19.1. The first kappa shape index (κ1) is 19.1. The van der Waals surface area contributed by atoms with Crippen molar-refractivity contribution in [3.8, 4) is 16.8 Å². The summed E-state index contributed by atoms with van der Waals surface area (Å²) < 4.78 is 1.68. The lowest BCUT2D eigenvalue weighted by molar-refractivity contribution is -0.120. The molecule has 5 heteroatoms. The highest BCUT2D eigenvalue weighted by atomic mass is 16.2. The number of hydrogen-bond donors (Lipinski definition) is 1. The number of aryl methyl sites for hydroxylation is 1. The van der Waals surface area contributed by atoms with Crippen molar-refractivity contribution in [1.29, 1.82) is 0 Å². The second-order valence-electron chi connectivity index (χ2n) is 7.58. The van der Waals surface area contributed by atoms with Gasteiger partial charge in [0.25, 0.3) is 0 Å². The first-order valence-corrected chi connectivity index (χ1v) is 10.2. The fourth-order valence-electron chi connectivity index (χ4n) is 3.97. The SMILES string of the molecule is Cc1nn(-c2ccccc2)c(NC(=O)C2CCCCC2)c(-c2ccccc2)c1=O. The minimum atomic E-state index is -0.165. The van der Waals surface area contributed by atoms with Gasteiger partial charge in [-0.3, -0.25) is 9.59 Å². The highest BCUT2D eigenvalue weighted by molar-refractivity contribution is 5.96. The summed E-state index contributed by atoms with van der Waals surface area (Å²) in [5.74, 6) is 0.387. The zero-order chi connectivity index (χ0) is 20.2. The Morgan fingerprint density at radius 2 is 1.59 bits per heavy atom. The number of hydrogen-bond acceptors (Lipinski definition) is 3. The third-order valence-corrected chi connectivity index (χ3v) is 5.54. The molecule has 5 nitrogen and oxygen atoms in total. The molecule has 148 valence electrons. The van der Waals surface area contributed by atoms with Crippen LogP contribution in [0.1, 0.15) is 37.8 Å². The van der Waals surface area contributed by atoms with E-state index in [4.69, 9.17) is 0 Å². The van der Waals surface area contributed by atoms with Crippen LogP contribution in [-0.2, 0) is 4.79 Å². The van der Waals surface area contributed by atoms with Crippen LogP contribution >= 0.6 is 0 Å². The number of rotatable bonds is 4. The van der Waals surface area contributed by atoms with Crippen molar-refractivity contribution in [2.24, 2.45) is 5.92 Å². The van der Waals surface area contributed by atoms with Crippen molar-refractivity contribution >= 4 is 11.7 Å². The Kier molecular flexibility index (Phi) is 5.56. The van der Waals surface area contributed by atoms with E-state index >= 15 is 0 Å². The summed E-state index contributed by atoms with van der Waals surface area (Å²) in [7, 11) is 0. The van der Waals surface area contributed by atoms with Crippen molar-refractivity contribution in [2.45, 2.75) is 39.0 Å². The molecule has 1 amide bonds. The van der Waals surface area contributed by atoms with E-state index in [-0.39, 0.29) is 17.3 Å². The average molecular weight is 387 g/mol. The second-order valence-corrected chi connectivity index (χ2v) is 7.58. The predicted octanol–water partition coefficient (Wildman–Crippen LogP) is 4.73. The number of carbonyl (C=O) groups is 1. The number of nitrogens with zero attached hydrogens (tertiary/aromatic N) is 2. The van der Waals surface area contributed by atoms with Crippen LogP contribution in [0.5, 0.6) is 0 Å². The molecule has 0 radical (unpaired) electrons. The maximum atomic E-state index is 13.1. The zero-order valence-electron chi connectivity index (χ0n) is 16.6. The maximum absolute atomic E-state index is 13.1. The smallest absolute Gasteiger partial charge is 0.228 e. The number of aromatic nitrogens is 2. The summed E-state index contributed by atoms with van der Waals surface area (Å²) in [5, 5.41) is 7.59. The van der Waals surface area contributed by atoms with Crippen LogP contribution in [0.2, 0.25) is 0 Å². The summed E-state index contributed by atoms with van der Waals surface area (Å²) in [4.78, 5) is 26.2. The first-order chi connectivity index (χ1) is 14.1. The fraction of sp³-hybridized carbons (Fsp3) is 0.292. The Morgan fingerprint density at radius 3 is 2.24 bits per heavy atom. The summed E-state index contributed by atoms with van der Waals surface area (Å²) in [6.07, 6.45) is 5.10. The molecule has 1 N–H and O–H groups in total. The third kappa shape index (κ3) is 3.99. The number of anilines is 1. The Balaban J connectivity index is 1.88. The van der Waals surface area contributed by atoms with Gasteiger partial charge >= 0.3 is 0 Å². The molecule has 3 aromatic rings. The van der Waals surface area contributed by atoms with Crippen LogP contribution in [-0.4, -0.2) is 15.7 Å². The molecule has 1 heterocycles. The lowest BCUT2D eigenvalue weighted by Crippen LogP contribution is -2.29. The highest BCUT2D eigenvalue weighted by Crippen LogP contribution is 2.29. The van der Waals surface area contributed by atoms with Crippen LogP contribution in [0.4, 0.5) is 5.82 Å². The van der Waals surface area contributed by atoms with Gasteiger partial charge in [-0.25, -0.2) is 4.68 Å². The van der Waals surface area contributed by atoms with Gasteiger partial charge in [-0.05, 0) is 37.5 Å². The van der Waals surface area contributed by atoms with Crippen molar-refractivity contribution in [3.05, 3.63) is 76.6 Å². The van der Waals surface area contributed by atoms with Crippen LogP contribution in [0.3, 0.4) is 0 Å². The van der Waals surface area contributed by atoms with Gasteiger partial charge in [-0.15, -0.1) is 0 Å². The molecule has 29 heavy (non-hydrogen) atoms. The van der Waals surface area contributed by atoms with Crippen molar-refractivity contribution in [3.63, 3.8) is 0 Å². The van der Waals surface area contributed by atoms with Gasteiger partial charge in [0.05, 0.1) is 11.3 Å². The van der Waals surface area contributed by atoms with Crippen molar-refractivity contribution in [1.82, 2.24) is 9.78 Å². The van der Waals surface area contributed by atoms with Crippen molar-refractivity contribution < 1.29 is 4.79 Å². The number of para-hydroxylation sites is 1. The van der Waals surface area contributed by atoms with E-state index in [1.54, 1.807) is 11.6 Å². The molecule has 1 saturated carbocycles. The molecule has 4 rings (SSSR count). The Labute approximate surface area is 170 Å². The normalized spacial score (nSPS) is 14.5. The van der Waals surface area contributed by atoms with Gasteiger partial charge in [0, 0.05) is 5.92 Å². The minimum absolute atomic E-state index is 0.0204. The summed E-state index contributed by atoms with van der Waals surface area (Å²) >= 11 is 0. The monoisotopic (exact) mass is 387 g/mol. The molecular formula is C24H25N3O2. The lowest BCUT2D eigenvalue weighted by Gasteiger charge is -2.23. The van der Waals surface area contributed by atoms with Gasteiger partial charge < -0.3 is 5.32 Å². The summed E-state index contributed by atoms with van der Waals surface area (Å²) in [5.41, 5.74) is 2.27. The fourth-order valence-corrected chi connectivity index (χ4v) is 3.97. The minimum Gasteiger partial charge on any atom is -0.310 e. The Bertz CT molecular complexity index is 1050. The Hall–Kier alpha value is -3.21. The number of benzene rings is 2. The van der Waals surface area contributed by atoms with E-state index in [1.165, 1.54) is 6.42 Å². The molecule has 0 saturated heterocycles. The number of nitrogens with one attached hydrogen (secondary N) is 1.